The third-order valence-electron chi connectivity index (χ3n) is 10.0. The number of alkyl halides is 2. The quantitative estimate of drug-likeness (QED) is 0.0595. The van der Waals surface area contributed by atoms with E-state index in [9.17, 15) is 13.3 Å². The van der Waals surface area contributed by atoms with Crippen molar-refractivity contribution in [2.45, 2.75) is 102 Å². The number of ether oxygens (including phenoxy) is 2. The summed E-state index contributed by atoms with van der Waals surface area (Å²) in [6.07, 6.45) is 7.27. The molecule has 4 heterocycles. The number of hydrogen-bond acceptors (Lipinski definition) is 11. The minimum Gasteiger partial charge on any atom is -0.467 e. The van der Waals surface area contributed by atoms with E-state index >= 15 is 8.78 Å². The van der Waals surface area contributed by atoms with Crippen molar-refractivity contribution in [1.29, 1.82) is 0 Å². The third kappa shape index (κ3) is 8.18. The Kier molecular flexibility index (Phi) is 10.5. The zero-order valence-electron chi connectivity index (χ0n) is 32.5. The second kappa shape index (κ2) is 14.7. The van der Waals surface area contributed by atoms with E-state index in [0.717, 1.165) is 19.4 Å². The number of aromatic nitrogens is 3. The van der Waals surface area contributed by atoms with Gasteiger partial charge in [0.1, 0.15) is 47.5 Å². The average Bonchev–Trinajstić information content (AvgIpc) is 3.58. The normalized spacial score (nSPS) is 22.7. The van der Waals surface area contributed by atoms with Crippen molar-refractivity contribution in [3.8, 4) is 35.4 Å². The van der Waals surface area contributed by atoms with Crippen LogP contribution in [0, 0.1) is 24.0 Å². The maximum Gasteiger partial charge on any atom is 0.478 e. The highest BCUT2D eigenvalue weighted by Gasteiger charge is 2.49. The van der Waals surface area contributed by atoms with Gasteiger partial charge in [-0.15, -0.1) is 6.42 Å². The van der Waals surface area contributed by atoms with E-state index in [4.69, 9.17) is 29.5 Å². The van der Waals surface area contributed by atoms with Crippen molar-refractivity contribution < 1.29 is 45.2 Å². The number of hydrogen-bond donors (Lipinski definition) is 0. The van der Waals surface area contributed by atoms with Gasteiger partial charge in [-0.2, -0.15) is 9.97 Å². The average molecular weight is 800 g/mol. The highest BCUT2D eigenvalue weighted by atomic mass is 31.2. The summed E-state index contributed by atoms with van der Waals surface area (Å²) >= 11 is 0. The van der Waals surface area contributed by atoms with Crippen LogP contribution < -0.4 is 14.4 Å². The van der Waals surface area contributed by atoms with Gasteiger partial charge in [0, 0.05) is 43.6 Å². The molecular formula is C40H46F4N5O6P. The minimum atomic E-state index is -4.17. The number of halogens is 4. The number of terminal acetylenes is 1. The molecule has 0 N–H and O–H groups in total. The van der Waals surface area contributed by atoms with Crippen LogP contribution >= 0.6 is 7.82 Å². The van der Waals surface area contributed by atoms with Crippen LogP contribution in [-0.2, 0) is 18.1 Å². The molecule has 0 unspecified atom stereocenters. The zero-order valence-corrected chi connectivity index (χ0v) is 33.4. The molecule has 3 fully saturated rings. The Bertz CT molecular complexity index is 2240. The summed E-state index contributed by atoms with van der Waals surface area (Å²) in [5.41, 5.74) is -2.84. The molecular weight excluding hydrogens is 753 g/mol. The van der Waals surface area contributed by atoms with Crippen LogP contribution in [0.25, 0.3) is 32.9 Å². The fourth-order valence-electron chi connectivity index (χ4n) is 7.63. The molecule has 4 aromatic rings. The standard InChI is InChI=1S/C40H46F4N5O6P/c1-9-26-29(42)12-11-23-15-25(52-22-53-56(50,54-38(2,3)4)55-39(5,6)7)16-27(32(23)26)34-33(44)35-28(19-45-34)36(48(8)31-17-30(31)43)47-37(46-35)51-21-40-13-10-14-49(40)20-24(41)18-40/h1,11-12,15-16,19,24,30-31H,10,13-14,17-18,20-22H2,2-8H3/t24-,30-,31-,40+/m1/s1. The number of nitrogens with zero attached hydrogens (tertiary/aromatic N) is 5. The van der Waals surface area contributed by atoms with Crippen LogP contribution in [0.5, 0.6) is 11.8 Å². The Morgan fingerprint density at radius 1 is 1.07 bits per heavy atom. The number of benzene rings is 2. The number of phosphoric ester groups is 1. The Balaban J connectivity index is 1.30. The van der Waals surface area contributed by atoms with Gasteiger partial charge in [0.05, 0.1) is 33.7 Å². The van der Waals surface area contributed by atoms with Crippen molar-refractivity contribution in [3.05, 3.63) is 47.7 Å². The summed E-state index contributed by atoms with van der Waals surface area (Å²) in [6.45, 7) is 10.7. The molecule has 2 aliphatic heterocycles. The van der Waals surface area contributed by atoms with E-state index < -0.39 is 61.4 Å². The van der Waals surface area contributed by atoms with Crippen molar-refractivity contribution in [1.82, 2.24) is 19.9 Å². The summed E-state index contributed by atoms with van der Waals surface area (Å²) in [5, 5.41) is 0.742. The van der Waals surface area contributed by atoms with Crippen molar-refractivity contribution in [2.24, 2.45) is 0 Å². The van der Waals surface area contributed by atoms with Crippen LogP contribution in [0.15, 0.2) is 30.5 Å². The van der Waals surface area contributed by atoms with Gasteiger partial charge < -0.3 is 14.4 Å². The second-order valence-corrected chi connectivity index (χ2v) is 18.2. The van der Waals surface area contributed by atoms with Crippen LogP contribution in [0.2, 0.25) is 0 Å². The number of anilines is 1. The van der Waals surface area contributed by atoms with Gasteiger partial charge in [-0.05, 0) is 84.5 Å². The summed E-state index contributed by atoms with van der Waals surface area (Å²) in [6, 6.07) is 4.94. The number of pyridine rings is 1. The molecule has 4 atom stereocenters. The van der Waals surface area contributed by atoms with Gasteiger partial charge in [0.25, 0.3) is 0 Å². The molecule has 300 valence electrons. The summed E-state index contributed by atoms with van der Waals surface area (Å²) in [4.78, 5) is 17.2. The predicted octanol–water partition coefficient (Wildman–Crippen LogP) is 8.70. The fourth-order valence-corrected chi connectivity index (χ4v) is 9.29. The topological polar surface area (TPSA) is 108 Å². The van der Waals surface area contributed by atoms with Crippen molar-refractivity contribution >= 4 is 35.3 Å². The van der Waals surface area contributed by atoms with Crippen LogP contribution in [0.1, 0.15) is 72.8 Å². The first-order valence-corrected chi connectivity index (χ1v) is 20.0. The van der Waals surface area contributed by atoms with Gasteiger partial charge in [-0.25, -0.2) is 26.7 Å². The molecule has 3 aliphatic rings. The van der Waals surface area contributed by atoms with Gasteiger partial charge in [-0.3, -0.25) is 18.9 Å². The Labute approximate surface area is 323 Å². The lowest BCUT2D eigenvalue weighted by molar-refractivity contribution is -0.0188. The lowest BCUT2D eigenvalue weighted by Gasteiger charge is -2.31. The molecule has 1 saturated carbocycles. The second-order valence-electron chi connectivity index (χ2n) is 16.7. The molecule has 0 amide bonds. The van der Waals surface area contributed by atoms with Crippen LogP contribution in [0.4, 0.5) is 23.4 Å². The lowest BCUT2D eigenvalue weighted by Crippen LogP contribution is -2.43. The lowest BCUT2D eigenvalue weighted by atomic mass is 9.95. The Morgan fingerprint density at radius 3 is 2.45 bits per heavy atom. The Morgan fingerprint density at radius 2 is 1.79 bits per heavy atom. The molecule has 56 heavy (non-hydrogen) atoms. The van der Waals surface area contributed by atoms with Crippen molar-refractivity contribution in [2.75, 3.05) is 38.4 Å². The van der Waals surface area contributed by atoms with Crippen LogP contribution in [-0.4, -0.2) is 88.5 Å². The molecule has 11 nitrogen and oxygen atoms in total. The van der Waals surface area contributed by atoms with E-state index in [1.54, 1.807) is 59.6 Å². The SMILES string of the molecule is C#Cc1c(F)ccc2cc(OCOP(=O)(OC(C)(C)C)OC(C)(C)C)cc(-c3ncc4c(N(C)[C@@H]5C[C@H]5F)nc(OC[C@@]56CCCN5C[C@H](F)C6)nc4c3F)c12. The largest absolute Gasteiger partial charge is 0.478 e. The number of phosphoric acid groups is 1. The third-order valence-corrected chi connectivity index (χ3v) is 12.0. The van der Waals surface area contributed by atoms with Gasteiger partial charge in [-0.1, -0.05) is 12.0 Å². The van der Waals surface area contributed by atoms with Gasteiger partial charge >= 0.3 is 13.8 Å². The predicted molar refractivity (Wildman–Crippen MR) is 204 cm³/mol. The Hall–Kier alpha value is -4.06. The van der Waals surface area contributed by atoms with E-state index in [1.807, 2.05) is 0 Å². The fraction of sp³-hybridized carbons (Fsp3) is 0.525. The zero-order chi connectivity index (χ0) is 40.4. The van der Waals surface area contributed by atoms with Gasteiger partial charge in [0.15, 0.2) is 12.6 Å². The summed E-state index contributed by atoms with van der Waals surface area (Å²) in [5.74, 6) is 1.06. The molecule has 0 bridgehead atoms. The molecule has 2 saturated heterocycles. The molecule has 2 aromatic carbocycles. The molecule has 7 rings (SSSR count). The van der Waals surface area contributed by atoms with Gasteiger partial charge in [0.2, 0.25) is 0 Å². The maximum atomic E-state index is 17.2. The minimum absolute atomic E-state index is 0.0619. The first-order chi connectivity index (χ1) is 26.3. The first kappa shape index (κ1) is 40.1. The van der Waals surface area contributed by atoms with E-state index in [-0.39, 0.29) is 63.7 Å². The van der Waals surface area contributed by atoms with Crippen molar-refractivity contribution in [3.63, 3.8) is 0 Å². The number of fused-ring (bicyclic) bond motifs is 3. The maximum absolute atomic E-state index is 17.2. The molecule has 16 heteroatoms. The smallest absolute Gasteiger partial charge is 0.467 e. The molecule has 0 radical (unpaired) electrons. The molecule has 1 aliphatic carbocycles. The summed E-state index contributed by atoms with van der Waals surface area (Å²) < 4.78 is 104. The molecule has 2 aromatic heterocycles. The molecule has 0 spiro atoms. The van der Waals surface area contributed by atoms with E-state index in [1.165, 1.54) is 24.4 Å². The van der Waals surface area contributed by atoms with Crippen LogP contribution in [0.3, 0.4) is 0 Å². The summed E-state index contributed by atoms with van der Waals surface area (Å²) in [7, 11) is -2.51. The number of rotatable bonds is 12. The first-order valence-electron chi connectivity index (χ1n) is 18.6. The highest BCUT2D eigenvalue weighted by Crippen LogP contribution is 2.55. The van der Waals surface area contributed by atoms with E-state index in [0.29, 0.717) is 18.4 Å². The van der Waals surface area contributed by atoms with E-state index in [2.05, 4.69) is 25.8 Å². The monoisotopic (exact) mass is 799 g/mol. The highest BCUT2D eigenvalue weighted by molar-refractivity contribution is 7.48.